The normalized spacial score (nSPS) is 15.4. The molecule has 1 fully saturated rings. The molecule has 3 amide bonds. The van der Waals surface area contributed by atoms with Crippen molar-refractivity contribution in [2.45, 2.75) is 19.3 Å². The smallest absolute Gasteiger partial charge is 0.265 e. The first-order valence-electron chi connectivity index (χ1n) is 10.9. The van der Waals surface area contributed by atoms with Crippen LogP contribution in [0.15, 0.2) is 36.4 Å². The van der Waals surface area contributed by atoms with Crippen LogP contribution in [0.4, 0.5) is 11.4 Å². The monoisotopic (exact) mass is 453 g/mol. The first-order chi connectivity index (χ1) is 16.0. The first kappa shape index (κ1) is 22.4. The largest absolute Gasteiger partial charge is 0.493 e. The second-order valence-electron chi connectivity index (χ2n) is 7.92. The average Bonchev–Trinajstić information content (AvgIpc) is 2.85. The molecule has 2 heterocycles. The minimum absolute atomic E-state index is 0.0533. The van der Waals surface area contributed by atoms with E-state index < -0.39 is 0 Å². The van der Waals surface area contributed by atoms with E-state index in [0.29, 0.717) is 47.3 Å². The molecule has 2 aromatic rings. The van der Waals surface area contributed by atoms with Crippen molar-refractivity contribution in [2.24, 2.45) is 0 Å². The van der Waals surface area contributed by atoms with Gasteiger partial charge in [-0.2, -0.15) is 0 Å². The number of nitrogens with zero attached hydrogens (tertiary/aromatic N) is 2. The Labute approximate surface area is 192 Å². The Hall–Kier alpha value is -3.75. The van der Waals surface area contributed by atoms with E-state index in [1.807, 2.05) is 0 Å². The van der Waals surface area contributed by atoms with Gasteiger partial charge in [0.25, 0.3) is 11.8 Å². The van der Waals surface area contributed by atoms with Gasteiger partial charge >= 0.3 is 0 Å². The van der Waals surface area contributed by atoms with Gasteiger partial charge in [0.05, 0.1) is 19.9 Å². The molecule has 0 spiro atoms. The number of hydrogen-bond donors (Lipinski definition) is 1. The van der Waals surface area contributed by atoms with Crippen LogP contribution in [0.1, 0.15) is 29.6 Å². The number of carbonyl (C=O) groups is 3. The number of piperidine rings is 1. The lowest BCUT2D eigenvalue weighted by Crippen LogP contribution is -2.47. The van der Waals surface area contributed by atoms with Gasteiger partial charge in [0.15, 0.2) is 18.1 Å². The Balaban J connectivity index is 1.53. The molecule has 0 aromatic heterocycles. The molecular weight excluding hydrogens is 426 g/mol. The quantitative estimate of drug-likeness (QED) is 0.722. The molecule has 0 radical (unpaired) electrons. The summed E-state index contributed by atoms with van der Waals surface area (Å²) < 4.78 is 16.0. The maximum atomic E-state index is 12.8. The number of likely N-dealkylation sites (tertiary alicyclic amines) is 1. The summed E-state index contributed by atoms with van der Waals surface area (Å²) in [6.45, 7) is 1.25. The third kappa shape index (κ3) is 4.87. The summed E-state index contributed by atoms with van der Waals surface area (Å²) in [6.07, 6.45) is 3.07. The topological polar surface area (TPSA) is 97.4 Å². The SMILES string of the molecule is COc1ccc(C(=O)Nc2ccc3c(c2)N(CC(=O)N2CCCCC2)C(=O)CO3)cc1OC. The highest BCUT2D eigenvalue weighted by Crippen LogP contribution is 2.35. The Bertz CT molecular complexity index is 1060. The van der Waals surface area contributed by atoms with Crippen LogP contribution in [-0.4, -0.2) is 63.1 Å². The molecule has 2 aromatic carbocycles. The van der Waals surface area contributed by atoms with Crippen molar-refractivity contribution in [1.29, 1.82) is 0 Å². The van der Waals surface area contributed by atoms with Crippen LogP contribution >= 0.6 is 0 Å². The zero-order chi connectivity index (χ0) is 23.4. The lowest BCUT2D eigenvalue weighted by atomic mass is 10.1. The van der Waals surface area contributed by atoms with Crippen LogP contribution < -0.4 is 24.4 Å². The maximum Gasteiger partial charge on any atom is 0.265 e. The van der Waals surface area contributed by atoms with Gasteiger partial charge in [-0.25, -0.2) is 0 Å². The summed E-state index contributed by atoms with van der Waals surface area (Å²) in [6, 6.07) is 9.89. The summed E-state index contributed by atoms with van der Waals surface area (Å²) in [5, 5.41) is 2.83. The molecule has 33 heavy (non-hydrogen) atoms. The Kier molecular flexibility index (Phi) is 6.67. The molecule has 2 aliphatic heterocycles. The minimum atomic E-state index is -0.352. The van der Waals surface area contributed by atoms with E-state index in [1.54, 1.807) is 41.3 Å². The number of amides is 3. The number of hydrogen-bond acceptors (Lipinski definition) is 6. The molecule has 0 unspecified atom stereocenters. The minimum Gasteiger partial charge on any atom is -0.493 e. The van der Waals surface area contributed by atoms with Crippen molar-refractivity contribution in [3.63, 3.8) is 0 Å². The number of ether oxygens (including phenoxy) is 3. The van der Waals surface area contributed by atoms with Crippen molar-refractivity contribution in [2.75, 3.05) is 50.7 Å². The van der Waals surface area contributed by atoms with E-state index in [2.05, 4.69) is 5.32 Å². The molecular formula is C24H27N3O6. The molecule has 9 nitrogen and oxygen atoms in total. The molecule has 0 aliphatic carbocycles. The number of fused-ring (bicyclic) bond motifs is 1. The van der Waals surface area contributed by atoms with Crippen LogP contribution in [-0.2, 0) is 9.59 Å². The fourth-order valence-corrected chi connectivity index (χ4v) is 4.01. The highest BCUT2D eigenvalue weighted by atomic mass is 16.5. The summed E-state index contributed by atoms with van der Waals surface area (Å²) in [7, 11) is 3.02. The first-order valence-corrected chi connectivity index (χ1v) is 10.9. The third-order valence-corrected chi connectivity index (χ3v) is 5.81. The summed E-state index contributed by atoms with van der Waals surface area (Å²) >= 11 is 0. The van der Waals surface area contributed by atoms with Gasteiger partial charge in [0.1, 0.15) is 12.3 Å². The predicted octanol–water partition coefficient (Wildman–Crippen LogP) is 2.69. The fraction of sp³-hybridized carbons (Fsp3) is 0.375. The van der Waals surface area contributed by atoms with Crippen LogP contribution in [0.3, 0.4) is 0 Å². The highest BCUT2D eigenvalue weighted by molar-refractivity contribution is 6.06. The molecule has 2 aliphatic rings. The van der Waals surface area contributed by atoms with E-state index in [4.69, 9.17) is 14.2 Å². The Morgan fingerprint density at radius 3 is 2.48 bits per heavy atom. The van der Waals surface area contributed by atoms with Gasteiger partial charge < -0.3 is 24.4 Å². The number of anilines is 2. The second-order valence-corrected chi connectivity index (χ2v) is 7.92. The maximum absolute atomic E-state index is 12.8. The van der Waals surface area contributed by atoms with E-state index in [0.717, 1.165) is 19.3 Å². The zero-order valence-electron chi connectivity index (χ0n) is 18.8. The summed E-state index contributed by atoms with van der Waals surface area (Å²) in [5.74, 6) is 0.719. The van der Waals surface area contributed by atoms with Crippen molar-refractivity contribution >= 4 is 29.1 Å². The Morgan fingerprint density at radius 1 is 1.00 bits per heavy atom. The second kappa shape index (κ2) is 9.81. The Morgan fingerprint density at radius 2 is 1.76 bits per heavy atom. The van der Waals surface area contributed by atoms with Gasteiger partial charge in [-0.3, -0.25) is 19.3 Å². The standard InChI is InChI=1S/C24H27N3O6/c1-31-20-8-6-16(12-21(20)32-2)24(30)25-17-7-9-19-18(13-17)27(23(29)15-33-19)14-22(28)26-10-4-3-5-11-26/h6-9,12-13H,3-5,10-11,14-15H2,1-2H3,(H,25,30). The zero-order valence-corrected chi connectivity index (χ0v) is 18.8. The van der Waals surface area contributed by atoms with Gasteiger partial charge in [0.2, 0.25) is 5.91 Å². The third-order valence-electron chi connectivity index (χ3n) is 5.81. The van der Waals surface area contributed by atoms with E-state index in [1.165, 1.54) is 19.1 Å². The van der Waals surface area contributed by atoms with Gasteiger partial charge in [0, 0.05) is 24.3 Å². The fourth-order valence-electron chi connectivity index (χ4n) is 4.01. The highest BCUT2D eigenvalue weighted by Gasteiger charge is 2.30. The molecule has 9 heteroatoms. The average molecular weight is 453 g/mol. The van der Waals surface area contributed by atoms with E-state index in [-0.39, 0.29) is 30.9 Å². The molecule has 0 saturated carbocycles. The number of benzene rings is 2. The molecule has 174 valence electrons. The van der Waals surface area contributed by atoms with Crippen molar-refractivity contribution in [3.05, 3.63) is 42.0 Å². The lowest BCUT2D eigenvalue weighted by Gasteiger charge is -2.33. The van der Waals surface area contributed by atoms with Crippen LogP contribution in [0.2, 0.25) is 0 Å². The summed E-state index contributed by atoms with van der Waals surface area (Å²) in [5.41, 5.74) is 1.32. The van der Waals surface area contributed by atoms with Gasteiger partial charge in [-0.05, 0) is 55.7 Å². The molecule has 1 saturated heterocycles. The molecule has 0 atom stereocenters. The number of nitrogens with one attached hydrogen (secondary N) is 1. The van der Waals surface area contributed by atoms with Crippen molar-refractivity contribution < 1.29 is 28.6 Å². The number of methoxy groups -OCH3 is 2. The van der Waals surface area contributed by atoms with Crippen LogP contribution in [0.25, 0.3) is 0 Å². The molecule has 1 N–H and O–H groups in total. The van der Waals surface area contributed by atoms with Crippen LogP contribution in [0, 0.1) is 0 Å². The van der Waals surface area contributed by atoms with Gasteiger partial charge in [-0.1, -0.05) is 0 Å². The lowest BCUT2D eigenvalue weighted by molar-refractivity contribution is -0.132. The van der Waals surface area contributed by atoms with Crippen molar-refractivity contribution in [1.82, 2.24) is 4.90 Å². The summed E-state index contributed by atoms with van der Waals surface area (Å²) in [4.78, 5) is 41.4. The predicted molar refractivity (Wildman–Crippen MR) is 122 cm³/mol. The van der Waals surface area contributed by atoms with Crippen LogP contribution in [0.5, 0.6) is 17.2 Å². The molecule has 0 bridgehead atoms. The van der Waals surface area contributed by atoms with Gasteiger partial charge in [-0.15, -0.1) is 0 Å². The van der Waals surface area contributed by atoms with Crippen molar-refractivity contribution in [3.8, 4) is 17.2 Å². The van der Waals surface area contributed by atoms with E-state index in [9.17, 15) is 14.4 Å². The number of rotatable bonds is 6. The molecule has 4 rings (SSSR count). The number of carbonyl (C=O) groups excluding carboxylic acids is 3. The van der Waals surface area contributed by atoms with E-state index >= 15 is 0 Å².